The molecule has 2 aromatic heterocycles. The summed E-state index contributed by atoms with van der Waals surface area (Å²) < 4.78 is 6.55. The van der Waals surface area contributed by atoms with Gasteiger partial charge >= 0.3 is 5.97 Å². The second-order valence-electron chi connectivity index (χ2n) is 6.40. The number of nitrogens with zero attached hydrogens (tertiary/aromatic N) is 3. The first-order chi connectivity index (χ1) is 14.6. The van der Waals surface area contributed by atoms with E-state index in [1.807, 2.05) is 67.6 Å². The number of carbonyl (C=O) groups is 2. The summed E-state index contributed by atoms with van der Waals surface area (Å²) in [7, 11) is 1.30. The molecule has 2 heterocycles. The molecular weight excluding hydrogens is 400 g/mol. The first kappa shape index (κ1) is 19.5. The second-order valence-corrected chi connectivity index (χ2v) is 7.40. The minimum absolute atomic E-state index is 0.167. The van der Waals surface area contributed by atoms with Crippen molar-refractivity contribution in [2.75, 3.05) is 12.4 Å². The number of rotatable bonds is 5. The van der Waals surface area contributed by atoms with Gasteiger partial charge in [0.15, 0.2) is 10.8 Å². The Balaban J connectivity index is 1.64. The van der Waals surface area contributed by atoms with Crippen LogP contribution in [-0.4, -0.2) is 33.8 Å². The van der Waals surface area contributed by atoms with Crippen LogP contribution in [0.3, 0.4) is 0 Å². The third-order valence-electron chi connectivity index (χ3n) is 4.52. The van der Waals surface area contributed by atoms with Crippen LogP contribution >= 0.6 is 11.3 Å². The normalized spacial score (nSPS) is 10.6. The molecule has 0 aliphatic heterocycles. The predicted octanol–water partition coefficient (Wildman–Crippen LogP) is 4.34. The molecule has 0 radical (unpaired) electrons. The molecule has 30 heavy (non-hydrogen) atoms. The van der Waals surface area contributed by atoms with E-state index in [4.69, 9.17) is 4.74 Å². The lowest BCUT2D eigenvalue weighted by molar-refractivity contribution is 0.0595. The average molecular weight is 418 g/mol. The van der Waals surface area contributed by atoms with Crippen LogP contribution < -0.4 is 5.32 Å². The third kappa shape index (κ3) is 3.72. The van der Waals surface area contributed by atoms with Gasteiger partial charge in [0.25, 0.3) is 5.91 Å². The van der Waals surface area contributed by atoms with Crippen LogP contribution in [0.15, 0.2) is 66.9 Å². The Kier molecular flexibility index (Phi) is 5.40. The first-order valence-corrected chi connectivity index (χ1v) is 9.96. The van der Waals surface area contributed by atoms with E-state index in [1.165, 1.54) is 24.6 Å². The quantitative estimate of drug-likeness (QED) is 0.487. The van der Waals surface area contributed by atoms with Gasteiger partial charge in [0.05, 0.1) is 35.1 Å². The number of nitrogens with one attached hydrogen (secondary N) is 1. The molecule has 1 amide bonds. The number of para-hydroxylation sites is 1. The zero-order chi connectivity index (χ0) is 21.1. The number of esters is 1. The molecule has 4 aromatic rings. The highest BCUT2D eigenvalue weighted by molar-refractivity contribution is 7.19. The molecule has 0 fully saturated rings. The molecule has 8 heteroatoms. The van der Waals surface area contributed by atoms with Crippen LogP contribution in [0.5, 0.6) is 0 Å². The average Bonchev–Trinajstić information content (AvgIpc) is 3.38. The molecule has 150 valence electrons. The largest absolute Gasteiger partial charge is 0.464 e. The van der Waals surface area contributed by atoms with Gasteiger partial charge in [0, 0.05) is 0 Å². The van der Waals surface area contributed by atoms with Gasteiger partial charge in [-0.2, -0.15) is 5.10 Å². The van der Waals surface area contributed by atoms with Gasteiger partial charge in [0.1, 0.15) is 0 Å². The van der Waals surface area contributed by atoms with E-state index in [1.54, 1.807) is 4.68 Å². The zero-order valence-corrected chi connectivity index (χ0v) is 17.1. The van der Waals surface area contributed by atoms with Gasteiger partial charge in [0.2, 0.25) is 0 Å². The van der Waals surface area contributed by atoms with Crippen molar-refractivity contribution in [3.05, 3.63) is 83.8 Å². The van der Waals surface area contributed by atoms with Gasteiger partial charge in [-0.1, -0.05) is 59.9 Å². The summed E-state index contributed by atoms with van der Waals surface area (Å²) in [6.45, 7) is 1.83. The Labute approximate surface area is 177 Å². The monoisotopic (exact) mass is 418 g/mol. The van der Waals surface area contributed by atoms with Gasteiger partial charge in [-0.3, -0.25) is 10.1 Å². The van der Waals surface area contributed by atoms with Gasteiger partial charge in [-0.05, 0) is 24.6 Å². The number of aromatic nitrogens is 3. The number of benzene rings is 2. The first-order valence-electron chi connectivity index (χ1n) is 9.14. The van der Waals surface area contributed by atoms with E-state index in [9.17, 15) is 9.59 Å². The summed E-state index contributed by atoms with van der Waals surface area (Å²) in [6.07, 6.45) is 1.52. The van der Waals surface area contributed by atoms with Crippen molar-refractivity contribution < 1.29 is 14.3 Å². The standard InChI is InChI=1S/C22H18N4O3S/c1-14-17(13-23-26(14)16-11-7-4-8-12-16)20(27)25-22-24-18(21(28)29-2)19(30-22)15-9-5-3-6-10-15/h3-13H,1-2H3,(H,24,25,27). The lowest BCUT2D eigenvalue weighted by atomic mass is 10.1. The Morgan fingerprint density at radius 2 is 1.70 bits per heavy atom. The molecule has 0 bridgehead atoms. The number of carbonyl (C=O) groups excluding carboxylic acids is 2. The Morgan fingerprint density at radius 3 is 2.37 bits per heavy atom. The highest BCUT2D eigenvalue weighted by Gasteiger charge is 2.22. The van der Waals surface area contributed by atoms with Crippen molar-refractivity contribution in [2.45, 2.75) is 6.92 Å². The summed E-state index contributed by atoms with van der Waals surface area (Å²) >= 11 is 1.22. The topological polar surface area (TPSA) is 86.1 Å². The maximum Gasteiger partial charge on any atom is 0.358 e. The van der Waals surface area contributed by atoms with Crippen molar-refractivity contribution in [1.82, 2.24) is 14.8 Å². The van der Waals surface area contributed by atoms with Crippen LogP contribution in [0.4, 0.5) is 5.13 Å². The fourth-order valence-electron chi connectivity index (χ4n) is 3.02. The molecule has 0 saturated carbocycles. The van der Waals surface area contributed by atoms with Crippen LogP contribution in [0, 0.1) is 6.92 Å². The number of amides is 1. The summed E-state index contributed by atoms with van der Waals surface area (Å²) in [4.78, 5) is 30.0. The lowest BCUT2D eigenvalue weighted by Gasteiger charge is -2.05. The molecule has 0 atom stereocenters. The Bertz CT molecular complexity index is 1200. The number of methoxy groups -OCH3 is 1. The second kappa shape index (κ2) is 8.30. The minimum atomic E-state index is -0.557. The number of hydrogen-bond acceptors (Lipinski definition) is 6. The molecule has 1 N–H and O–H groups in total. The van der Waals surface area contributed by atoms with Crippen LogP contribution in [0.1, 0.15) is 26.5 Å². The van der Waals surface area contributed by atoms with Crippen molar-refractivity contribution in [2.24, 2.45) is 0 Å². The summed E-state index contributed by atoms with van der Waals surface area (Å²) in [5.74, 6) is -0.905. The summed E-state index contributed by atoms with van der Waals surface area (Å²) in [6, 6.07) is 18.9. The zero-order valence-electron chi connectivity index (χ0n) is 16.3. The number of anilines is 1. The smallest absolute Gasteiger partial charge is 0.358 e. The summed E-state index contributed by atoms with van der Waals surface area (Å²) in [5, 5.41) is 7.42. The third-order valence-corrected chi connectivity index (χ3v) is 5.54. The molecular formula is C22H18N4O3S. The molecule has 4 rings (SSSR count). The predicted molar refractivity (Wildman–Crippen MR) is 115 cm³/mol. The molecule has 0 unspecified atom stereocenters. The van der Waals surface area contributed by atoms with E-state index in [-0.39, 0.29) is 11.6 Å². The van der Waals surface area contributed by atoms with E-state index >= 15 is 0 Å². The SMILES string of the molecule is COC(=O)c1nc(NC(=O)c2cnn(-c3ccccc3)c2C)sc1-c1ccccc1. The van der Waals surface area contributed by atoms with Crippen molar-refractivity contribution in [3.63, 3.8) is 0 Å². The highest BCUT2D eigenvalue weighted by Crippen LogP contribution is 2.33. The van der Waals surface area contributed by atoms with E-state index in [0.717, 1.165) is 11.3 Å². The van der Waals surface area contributed by atoms with E-state index < -0.39 is 5.97 Å². The fraction of sp³-hybridized carbons (Fsp3) is 0.0909. The van der Waals surface area contributed by atoms with Crippen molar-refractivity contribution >= 4 is 28.3 Å². The highest BCUT2D eigenvalue weighted by atomic mass is 32.1. The van der Waals surface area contributed by atoms with E-state index in [0.29, 0.717) is 21.3 Å². The van der Waals surface area contributed by atoms with Crippen molar-refractivity contribution in [1.29, 1.82) is 0 Å². The Morgan fingerprint density at radius 1 is 1.03 bits per heavy atom. The number of hydrogen-bond donors (Lipinski definition) is 1. The van der Waals surface area contributed by atoms with Crippen molar-refractivity contribution in [3.8, 4) is 16.1 Å². The van der Waals surface area contributed by atoms with Crippen LogP contribution in [0.25, 0.3) is 16.1 Å². The maximum absolute atomic E-state index is 12.9. The number of ether oxygens (including phenoxy) is 1. The number of thiazole rings is 1. The van der Waals surface area contributed by atoms with Crippen LogP contribution in [-0.2, 0) is 4.74 Å². The molecule has 0 saturated heterocycles. The lowest BCUT2D eigenvalue weighted by Crippen LogP contribution is -2.13. The minimum Gasteiger partial charge on any atom is -0.464 e. The van der Waals surface area contributed by atoms with Gasteiger partial charge in [-0.25, -0.2) is 14.5 Å². The molecule has 0 aliphatic rings. The molecule has 7 nitrogen and oxygen atoms in total. The molecule has 0 spiro atoms. The van der Waals surface area contributed by atoms with E-state index in [2.05, 4.69) is 15.4 Å². The maximum atomic E-state index is 12.9. The molecule has 2 aromatic carbocycles. The van der Waals surface area contributed by atoms with Crippen LogP contribution in [0.2, 0.25) is 0 Å². The molecule has 0 aliphatic carbocycles. The Hall–Kier alpha value is -3.78. The van der Waals surface area contributed by atoms with Gasteiger partial charge in [-0.15, -0.1) is 0 Å². The summed E-state index contributed by atoms with van der Waals surface area (Å²) in [5.41, 5.74) is 2.98. The fourth-order valence-corrected chi connectivity index (χ4v) is 3.97. The van der Waals surface area contributed by atoms with Gasteiger partial charge < -0.3 is 4.74 Å².